The summed E-state index contributed by atoms with van der Waals surface area (Å²) in [5, 5.41) is 9.38. The third-order valence-corrected chi connectivity index (χ3v) is 3.62. The number of aryl methyl sites for hydroxylation is 1. The molecule has 0 saturated heterocycles. The molecule has 0 radical (unpaired) electrons. The lowest BCUT2D eigenvalue weighted by atomic mass is 10.1. The van der Waals surface area contributed by atoms with Crippen LogP contribution in [0.2, 0.25) is 0 Å². The monoisotopic (exact) mass is 320 g/mol. The molecule has 0 amide bonds. The molecule has 4 heteroatoms. The van der Waals surface area contributed by atoms with E-state index in [-0.39, 0.29) is 12.5 Å². The lowest BCUT2D eigenvalue weighted by Crippen LogP contribution is -2.09. The Morgan fingerprint density at radius 3 is 2.47 bits per heavy atom. The highest BCUT2D eigenvalue weighted by molar-refractivity contribution is 9.10. The fraction of sp³-hybridized carbons (Fsp3) is 0.333. The van der Waals surface area contributed by atoms with Gasteiger partial charge in [-0.15, -0.1) is 0 Å². The van der Waals surface area contributed by atoms with Crippen molar-refractivity contribution in [2.24, 2.45) is 0 Å². The number of hydrogen-bond donors (Lipinski definition) is 1. The standard InChI is InChI=1S/C15H17BrN2O/c1-3-11(9-19)15-17-10(2)8-14(18-15)12-4-6-13(16)7-5-12/h4-8,11,19H,3,9H2,1-2H3. The molecule has 0 bridgehead atoms. The molecule has 0 aliphatic rings. The van der Waals surface area contributed by atoms with Gasteiger partial charge in [0.25, 0.3) is 0 Å². The molecule has 2 rings (SSSR count). The number of hydrogen-bond acceptors (Lipinski definition) is 3. The number of benzene rings is 1. The second kappa shape index (κ2) is 6.26. The predicted octanol–water partition coefficient (Wildman–Crippen LogP) is 3.70. The number of rotatable bonds is 4. The Labute approximate surface area is 121 Å². The Hall–Kier alpha value is -1.26. The topological polar surface area (TPSA) is 46.0 Å². The lowest BCUT2D eigenvalue weighted by Gasteiger charge is -2.12. The maximum absolute atomic E-state index is 9.38. The molecule has 1 atom stereocenters. The maximum atomic E-state index is 9.38. The minimum atomic E-state index is 0.00842. The molecular weight excluding hydrogens is 304 g/mol. The van der Waals surface area contributed by atoms with Crippen LogP contribution in [0, 0.1) is 6.92 Å². The van der Waals surface area contributed by atoms with Crippen LogP contribution in [-0.2, 0) is 0 Å². The summed E-state index contributed by atoms with van der Waals surface area (Å²) >= 11 is 3.43. The fourth-order valence-electron chi connectivity index (χ4n) is 1.94. The Balaban J connectivity index is 2.44. The van der Waals surface area contributed by atoms with Crippen LogP contribution >= 0.6 is 15.9 Å². The van der Waals surface area contributed by atoms with E-state index in [0.717, 1.165) is 33.7 Å². The summed E-state index contributed by atoms with van der Waals surface area (Å²) in [5.74, 6) is 0.733. The van der Waals surface area contributed by atoms with E-state index >= 15 is 0 Å². The van der Waals surface area contributed by atoms with E-state index in [1.807, 2.05) is 44.2 Å². The first kappa shape index (κ1) is 14.2. The van der Waals surface area contributed by atoms with Crippen molar-refractivity contribution in [1.29, 1.82) is 0 Å². The maximum Gasteiger partial charge on any atom is 0.134 e. The minimum absolute atomic E-state index is 0.00842. The first-order valence-electron chi connectivity index (χ1n) is 6.36. The molecule has 0 aliphatic carbocycles. The normalized spacial score (nSPS) is 12.4. The van der Waals surface area contributed by atoms with E-state index in [2.05, 4.69) is 25.9 Å². The zero-order chi connectivity index (χ0) is 13.8. The zero-order valence-electron chi connectivity index (χ0n) is 11.1. The largest absolute Gasteiger partial charge is 0.396 e. The average molecular weight is 321 g/mol. The molecular formula is C15H17BrN2O. The van der Waals surface area contributed by atoms with Gasteiger partial charge in [-0.05, 0) is 31.5 Å². The van der Waals surface area contributed by atoms with E-state index in [1.54, 1.807) is 0 Å². The van der Waals surface area contributed by atoms with Crippen LogP contribution in [0.15, 0.2) is 34.8 Å². The van der Waals surface area contributed by atoms with Crippen LogP contribution in [0.5, 0.6) is 0 Å². The molecule has 3 nitrogen and oxygen atoms in total. The van der Waals surface area contributed by atoms with Crippen LogP contribution in [0.3, 0.4) is 0 Å². The highest BCUT2D eigenvalue weighted by Gasteiger charge is 2.13. The van der Waals surface area contributed by atoms with Crippen molar-refractivity contribution < 1.29 is 5.11 Å². The van der Waals surface area contributed by atoms with Crippen LogP contribution < -0.4 is 0 Å². The highest BCUT2D eigenvalue weighted by atomic mass is 79.9. The van der Waals surface area contributed by atoms with Crippen molar-refractivity contribution in [1.82, 2.24) is 9.97 Å². The molecule has 0 fully saturated rings. The van der Waals surface area contributed by atoms with Gasteiger partial charge in [0.1, 0.15) is 5.82 Å². The summed E-state index contributed by atoms with van der Waals surface area (Å²) in [6, 6.07) is 10.0. The average Bonchev–Trinajstić information content (AvgIpc) is 2.40. The van der Waals surface area contributed by atoms with Crippen LogP contribution in [0.1, 0.15) is 30.8 Å². The molecule has 19 heavy (non-hydrogen) atoms. The van der Waals surface area contributed by atoms with Gasteiger partial charge in [-0.3, -0.25) is 0 Å². The SMILES string of the molecule is CCC(CO)c1nc(C)cc(-c2ccc(Br)cc2)n1. The Kier molecular flexibility index (Phi) is 4.66. The van der Waals surface area contributed by atoms with Crippen molar-refractivity contribution in [3.63, 3.8) is 0 Å². The highest BCUT2D eigenvalue weighted by Crippen LogP contribution is 2.23. The third-order valence-electron chi connectivity index (χ3n) is 3.09. The van der Waals surface area contributed by atoms with E-state index < -0.39 is 0 Å². The summed E-state index contributed by atoms with van der Waals surface area (Å²) in [6.07, 6.45) is 0.833. The molecule has 1 unspecified atom stereocenters. The van der Waals surface area contributed by atoms with E-state index in [9.17, 15) is 5.11 Å². The van der Waals surface area contributed by atoms with Crippen molar-refractivity contribution in [3.05, 3.63) is 46.3 Å². The molecule has 1 heterocycles. The quantitative estimate of drug-likeness (QED) is 0.934. The van der Waals surface area contributed by atoms with Gasteiger partial charge >= 0.3 is 0 Å². The van der Waals surface area contributed by atoms with Gasteiger partial charge in [-0.25, -0.2) is 9.97 Å². The third kappa shape index (κ3) is 3.39. The molecule has 1 N–H and O–H groups in total. The van der Waals surface area contributed by atoms with E-state index in [4.69, 9.17) is 0 Å². The van der Waals surface area contributed by atoms with Gasteiger partial charge in [0, 0.05) is 21.6 Å². The van der Waals surface area contributed by atoms with Crippen LogP contribution in [0.25, 0.3) is 11.3 Å². The number of aromatic nitrogens is 2. The first-order chi connectivity index (χ1) is 9.13. The number of nitrogens with zero attached hydrogens (tertiary/aromatic N) is 2. The van der Waals surface area contributed by atoms with Crippen molar-refractivity contribution >= 4 is 15.9 Å². The van der Waals surface area contributed by atoms with Gasteiger partial charge < -0.3 is 5.11 Å². The molecule has 0 saturated carbocycles. The van der Waals surface area contributed by atoms with E-state index in [1.165, 1.54) is 0 Å². The van der Waals surface area contributed by atoms with Gasteiger partial charge in [-0.2, -0.15) is 0 Å². The number of aliphatic hydroxyl groups excluding tert-OH is 1. The number of halogens is 1. The minimum Gasteiger partial charge on any atom is -0.396 e. The molecule has 100 valence electrons. The van der Waals surface area contributed by atoms with Gasteiger partial charge in [0.05, 0.1) is 12.3 Å². The van der Waals surface area contributed by atoms with Crippen molar-refractivity contribution in [2.75, 3.05) is 6.61 Å². The second-order valence-corrected chi connectivity index (χ2v) is 5.46. The fourth-order valence-corrected chi connectivity index (χ4v) is 2.20. The second-order valence-electron chi connectivity index (χ2n) is 4.55. The van der Waals surface area contributed by atoms with Crippen LogP contribution in [-0.4, -0.2) is 21.7 Å². The van der Waals surface area contributed by atoms with Crippen molar-refractivity contribution in [2.45, 2.75) is 26.2 Å². The predicted molar refractivity (Wildman–Crippen MR) is 80.0 cm³/mol. The van der Waals surface area contributed by atoms with Gasteiger partial charge in [0.2, 0.25) is 0 Å². The number of aliphatic hydroxyl groups is 1. The van der Waals surface area contributed by atoms with E-state index in [0.29, 0.717) is 0 Å². The zero-order valence-corrected chi connectivity index (χ0v) is 12.7. The Morgan fingerprint density at radius 1 is 1.21 bits per heavy atom. The summed E-state index contributed by atoms with van der Waals surface area (Å²) in [5.41, 5.74) is 2.89. The summed E-state index contributed by atoms with van der Waals surface area (Å²) < 4.78 is 1.05. The summed E-state index contributed by atoms with van der Waals surface area (Å²) in [4.78, 5) is 9.03. The first-order valence-corrected chi connectivity index (χ1v) is 7.15. The lowest BCUT2D eigenvalue weighted by molar-refractivity contribution is 0.257. The summed E-state index contributed by atoms with van der Waals surface area (Å²) in [6.45, 7) is 4.07. The smallest absolute Gasteiger partial charge is 0.134 e. The molecule has 1 aromatic carbocycles. The molecule has 1 aromatic heterocycles. The van der Waals surface area contributed by atoms with Crippen molar-refractivity contribution in [3.8, 4) is 11.3 Å². The Morgan fingerprint density at radius 2 is 1.89 bits per heavy atom. The molecule has 2 aromatic rings. The molecule has 0 aliphatic heterocycles. The molecule has 0 spiro atoms. The van der Waals surface area contributed by atoms with Gasteiger partial charge in [-0.1, -0.05) is 35.0 Å². The van der Waals surface area contributed by atoms with Gasteiger partial charge in [0.15, 0.2) is 0 Å². The summed E-state index contributed by atoms with van der Waals surface area (Å²) in [7, 11) is 0. The van der Waals surface area contributed by atoms with Crippen LogP contribution in [0.4, 0.5) is 0 Å². The Bertz CT molecular complexity index is 551.